The Morgan fingerprint density at radius 3 is 1.60 bits per heavy atom. The van der Waals surface area contributed by atoms with Crippen LogP contribution in [0.25, 0.3) is 4.85 Å². The molecule has 0 unspecified atom stereocenters. The Kier molecular flexibility index (Phi) is 110. The molecule has 2 heteroatoms. The maximum Gasteiger partial charge on any atom is 1.00 e. The molecule has 0 heterocycles. The second-order valence-electron chi connectivity index (χ2n) is 0.224. The quantitative estimate of drug-likeness (QED) is 0.448. The van der Waals surface area contributed by atoms with Gasteiger partial charge in [0.05, 0.1) is 0 Å². The summed E-state index contributed by atoms with van der Waals surface area (Å²) in [6.45, 7) is 5.83. The van der Waals surface area contributed by atoms with E-state index < -0.39 is 0 Å². The summed E-state index contributed by atoms with van der Waals surface area (Å²) in [5, 5.41) is 0. The molecular formula is C3H6AuN. The van der Waals surface area contributed by atoms with E-state index in [2.05, 4.69) is 4.85 Å². The van der Waals surface area contributed by atoms with E-state index in [-0.39, 0.29) is 29.8 Å². The molecule has 0 bridgehead atoms. The maximum atomic E-state index is 5.83. The fourth-order valence-corrected chi connectivity index (χ4v) is 0. The molecule has 0 aliphatic carbocycles. The summed E-state index contributed by atoms with van der Waals surface area (Å²) in [5.74, 6) is 0. The van der Waals surface area contributed by atoms with Crippen LogP contribution in [-0.2, 0) is 22.4 Å². The van der Waals surface area contributed by atoms with Crippen molar-refractivity contribution in [3.8, 4) is 0 Å². The Hall–Kier alpha value is 0.230. The van der Waals surface area contributed by atoms with Crippen LogP contribution in [0.3, 0.4) is 0 Å². The van der Waals surface area contributed by atoms with E-state index in [0.717, 1.165) is 0 Å². The van der Waals surface area contributed by atoms with Crippen molar-refractivity contribution in [1.29, 1.82) is 0 Å². The number of hydrogen-bond acceptors (Lipinski definition) is 0. The molecule has 1 nitrogen and oxygen atoms in total. The number of nitrogens with zero attached hydrogens (tertiary/aromatic N) is 1. The minimum atomic E-state index is 0. The minimum absolute atomic E-state index is 0. The predicted octanol–water partition coefficient (Wildman–Crippen LogP) is 0.983. The van der Waals surface area contributed by atoms with Crippen LogP contribution < -0.4 is 0 Å². The molecule has 34 valence electrons. The van der Waals surface area contributed by atoms with Crippen molar-refractivity contribution in [1.82, 2.24) is 0 Å². The van der Waals surface area contributed by atoms with Gasteiger partial charge in [-0.1, -0.05) is 0 Å². The van der Waals surface area contributed by atoms with Crippen LogP contribution in [0.4, 0.5) is 0 Å². The fraction of sp³-hybridized carbons (Fsp3) is 0.333. The third-order valence-electron chi connectivity index (χ3n) is 0. The van der Waals surface area contributed by atoms with E-state index >= 15 is 0 Å². The van der Waals surface area contributed by atoms with Gasteiger partial charge in [-0.2, -0.15) is 0 Å². The Bertz CT molecular complexity index is 28.4. The Morgan fingerprint density at radius 2 is 1.60 bits per heavy atom. The van der Waals surface area contributed by atoms with E-state index in [0.29, 0.717) is 0 Å². The van der Waals surface area contributed by atoms with Crippen molar-refractivity contribution in [3.63, 3.8) is 0 Å². The van der Waals surface area contributed by atoms with Gasteiger partial charge in [0.25, 0.3) is 0 Å². The summed E-state index contributed by atoms with van der Waals surface area (Å²) in [5.41, 5.74) is 0. The smallest absolute Gasteiger partial charge is 0.358 e. The van der Waals surface area contributed by atoms with E-state index in [1.807, 2.05) is 0 Å². The molecule has 0 aromatic carbocycles. The first-order chi connectivity index (χ1) is 1.41. The van der Waals surface area contributed by atoms with Crippen molar-refractivity contribution in [2.75, 3.05) is 7.05 Å². The van der Waals surface area contributed by atoms with Crippen molar-refractivity contribution in [2.24, 2.45) is 0 Å². The summed E-state index contributed by atoms with van der Waals surface area (Å²) in [7, 11) is 1.42. The van der Waals surface area contributed by atoms with Gasteiger partial charge in [-0.15, -0.1) is 0 Å². The molecule has 0 N–H and O–H groups in total. The van der Waals surface area contributed by atoms with E-state index in [9.17, 15) is 0 Å². The molecule has 0 aromatic rings. The average molecular weight is 253 g/mol. The van der Waals surface area contributed by atoms with Crippen LogP contribution >= 0.6 is 0 Å². The maximum absolute atomic E-state index is 5.83. The van der Waals surface area contributed by atoms with Crippen molar-refractivity contribution >= 4 is 0 Å². The monoisotopic (exact) mass is 253 g/mol. The van der Waals surface area contributed by atoms with E-state index in [4.69, 9.17) is 6.57 Å². The minimum Gasteiger partial charge on any atom is -0.358 e. The average Bonchev–Trinajstić information content (AvgIpc) is 0.918. The molecule has 0 aliphatic heterocycles. The Labute approximate surface area is 48.7 Å². The van der Waals surface area contributed by atoms with Crippen LogP contribution in [0.1, 0.15) is 0 Å². The first-order valence-corrected chi connectivity index (χ1v) is 0.671. The van der Waals surface area contributed by atoms with Gasteiger partial charge in [0.15, 0.2) is 0 Å². The van der Waals surface area contributed by atoms with Gasteiger partial charge in [-0.3, -0.25) is 0 Å². The van der Waals surface area contributed by atoms with Gasteiger partial charge in [0.1, 0.15) is 0 Å². The van der Waals surface area contributed by atoms with E-state index in [1.165, 1.54) is 7.05 Å². The van der Waals surface area contributed by atoms with Crippen LogP contribution in [0.5, 0.6) is 0 Å². The van der Waals surface area contributed by atoms with Gasteiger partial charge in [-0.25, -0.2) is 6.57 Å². The zero-order valence-electron chi connectivity index (χ0n) is 3.25. The first kappa shape index (κ1) is 18.8. The SMILES string of the molecule is [Au+].[C-]#[N+]C.[CH3-]. The molecule has 0 radical (unpaired) electrons. The molecule has 0 saturated carbocycles. The van der Waals surface area contributed by atoms with Crippen LogP contribution in [0.2, 0.25) is 0 Å². The van der Waals surface area contributed by atoms with Gasteiger partial charge in [0.2, 0.25) is 7.05 Å². The molecular weight excluding hydrogens is 247 g/mol. The van der Waals surface area contributed by atoms with Crippen LogP contribution in [0, 0.1) is 14.0 Å². The van der Waals surface area contributed by atoms with Gasteiger partial charge >= 0.3 is 22.4 Å². The summed E-state index contributed by atoms with van der Waals surface area (Å²) in [6, 6.07) is 0. The van der Waals surface area contributed by atoms with Gasteiger partial charge in [-0.05, 0) is 0 Å². The number of rotatable bonds is 0. The molecule has 0 rings (SSSR count). The zero-order chi connectivity index (χ0) is 2.71. The fourth-order valence-electron chi connectivity index (χ4n) is 0. The third-order valence-corrected chi connectivity index (χ3v) is 0. The Balaban J connectivity index is -0.0000000200. The molecule has 0 spiro atoms. The third kappa shape index (κ3) is 397. The number of hydrogen-bond donors (Lipinski definition) is 0. The molecule has 0 fully saturated rings. The van der Waals surface area contributed by atoms with Crippen LogP contribution in [-0.4, -0.2) is 7.05 Å². The largest absolute Gasteiger partial charge is 1.00 e. The molecule has 0 atom stereocenters. The molecule has 0 saturated heterocycles. The standard InChI is InChI=1S/C2H3N.CH3.Au/c1-3-2;;/h1H3;1H3;/q;-1;+1. The van der Waals surface area contributed by atoms with Gasteiger partial charge in [0, 0.05) is 0 Å². The van der Waals surface area contributed by atoms with E-state index in [1.54, 1.807) is 0 Å². The zero-order valence-corrected chi connectivity index (χ0v) is 5.42. The normalized spacial score (nSPS) is 1.60. The Morgan fingerprint density at radius 1 is 1.60 bits per heavy atom. The second-order valence-corrected chi connectivity index (χ2v) is 0.224. The van der Waals surface area contributed by atoms with Crippen molar-refractivity contribution in [3.05, 3.63) is 18.8 Å². The van der Waals surface area contributed by atoms with Gasteiger partial charge < -0.3 is 12.3 Å². The second kappa shape index (κ2) is 29.2. The topological polar surface area (TPSA) is 4.36 Å². The van der Waals surface area contributed by atoms with Crippen LogP contribution in [0.15, 0.2) is 0 Å². The first-order valence-electron chi connectivity index (χ1n) is 0.671. The molecule has 5 heavy (non-hydrogen) atoms. The summed E-state index contributed by atoms with van der Waals surface area (Å²) < 4.78 is 0. The predicted molar refractivity (Wildman–Crippen MR) is 18.9 cm³/mol. The summed E-state index contributed by atoms with van der Waals surface area (Å²) >= 11 is 0. The molecule has 0 aliphatic rings. The van der Waals surface area contributed by atoms with Crippen molar-refractivity contribution in [2.45, 2.75) is 0 Å². The summed E-state index contributed by atoms with van der Waals surface area (Å²) in [6.07, 6.45) is 0. The summed E-state index contributed by atoms with van der Waals surface area (Å²) in [4.78, 5) is 2.75. The molecule has 0 amide bonds. The molecule has 0 aromatic heterocycles. The van der Waals surface area contributed by atoms with Crippen molar-refractivity contribution < 1.29 is 22.4 Å².